The van der Waals surface area contributed by atoms with Gasteiger partial charge in [-0.15, -0.1) is 0 Å². The van der Waals surface area contributed by atoms with Gasteiger partial charge in [0.1, 0.15) is 23.9 Å². The minimum absolute atomic E-state index is 0.0208. The summed E-state index contributed by atoms with van der Waals surface area (Å²) in [4.78, 5) is 82.9. The van der Waals surface area contributed by atoms with Crippen molar-refractivity contribution in [1.29, 1.82) is 0 Å². The van der Waals surface area contributed by atoms with Gasteiger partial charge in [-0.1, -0.05) is 68.5 Å². The van der Waals surface area contributed by atoms with Crippen LogP contribution in [-0.2, 0) is 47.7 Å². The molecule has 3 fully saturated rings. The van der Waals surface area contributed by atoms with Crippen LogP contribution < -0.4 is 5.32 Å². The van der Waals surface area contributed by atoms with Gasteiger partial charge in [0.2, 0.25) is 5.91 Å². The molecule has 3 aliphatic carbocycles. The molecule has 328 valence electrons. The molecule has 1 unspecified atom stereocenters. The van der Waals surface area contributed by atoms with E-state index in [-0.39, 0.29) is 35.3 Å². The Morgan fingerprint density at radius 3 is 2.11 bits per heavy atom. The largest absolute Gasteiger partial charge is 0.456 e. The van der Waals surface area contributed by atoms with Gasteiger partial charge in [0.15, 0.2) is 23.6 Å². The molecule has 61 heavy (non-hydrogen) atoms. The molecule has 1 amide bonds. The first-order valence-corrected chi connectivity index (χ1v) is 20.1. The van der Waals surface area contributed by atoms with Crippen molar-refractivity contribution < 1.29 is 72.9 Å². The number of ether oxygens (including phenoxy) is 5. The number of carbonyl (C=O) groups excluding carboxylic acids is 6. The molecule has 1 heterocycles. The molecule has 2 aromatic carbocycles. The smallest absolute Gasteiger partial charge is 0.338 e. The van der Waals surface area contributed by atoms with E-state index < -0.39 is 119 Å². The highest BCUT2D eigenvalue weighted by molar-refractivity contribution is 5.96. The molecule has 5 N–H and O–H groups in total. The van der Waals surface area contributed by atoms with Crippen molar-refractivity contribution in [3.8, 4) is 0 Å². The third-order valence-corrected chi connectivity index (χ3v) is 13.2. The van der Waals surface area contributed by atoms with Crippen LogP contribution in [0.4, 0.5) is 0 Å². The van der Waals surface area contributed by atoms with Gasteiger partial charge in [0.05, 0.1) is 42.3 Å². The number of amides is 1. The number of rotatable bonds is 11. The highest BCUT2D eigenvalue weighted by atomic mass is 16.6. The summed E-state index contributed by atoms with van der Waals surface area (Å²) < 4.78 is 30.1. The van der Waals surface area contributed by atoms with E-state index in [1.165, 1.54) is 39.0 Å². The van der Waals surface area contributed by atoms with Gasteiger partial charge in [-0.25, -0.2) is 9.59 Å². The molecule has 16 heteroatoms. The summed E-state index contributed by atoms with van der Waals surface area (Å²) in [5.41, 5.74) is -7.32. The van der Waals surface area contributed by atoms with Crippen molar-refractivity contribution in [2.75, 3.05) is 13.2 Å². The maximum Gasteiger partial charge on any atom is 0.338 e. The number of fused-ring (bicyclic) bond motifs is 5. The predicted molar refractivity (Wildman–Crippen MR) is 213 cm³/mol. The Morgan fingerprint density at radius 2 is 1.56 bits per heavy atom. The highest BCUT2D eigenvalue weighted by Gasteiger charge is 2.78. The van der Waals surface area contributed by atoms with E-state index in [0.717, 1.165) is 13.8 Å². The van der Waals surface area contributed by atoms with E-state index in [2.05, 4.69) is 5.32 Å². The van der Waals surface area contributed by atoms with E-state index >= 15 is 4.79 Å². The van der Waals surface area contributed by atoms with Crippen LogP contribution in [0.15, 0.2) is 83.5 Å². The van der Waals surface area contributed by atoms with Gasteiger partial charge >= 0.3 is 23.9 Å². The lowest BCUT2D eigenvalue weighted by Crippen LogP contribution is -2.82. The SMILES string of the molecule is CC(=O)O[C@H]1C(=O)[C@@]2(C)C([C@H](OC(=O)c3ccccc3)[C@]3(O)C[C@H](OC(=O)[C@H](O)[C@@H](NC(=O)/C(C)=C/CO)c4ccccc4)C(C)=C1C3(C)C)[C@]1(OC(C)=O)CO[C@@H]1C[C@@H]2O. The van der Waals surface area contributed by atoms with E-state index in [9.17, 15) is 44.4 Å². The second-order valence-corrected chi connectivity index (χ2v) is 17.1. The lowest BCUT2D eigenvalue weighted by atomic mass is 9.44. The number of aliphatic hydroxyl groups excluding tert-OH is 3. The zero-order chi connectivity index (χ0) is 44.8. The van der Waals surface area contributed by atoms with Crippen LogP contribution in [0.1, 0.15) is 83.3 Å². The van der Waals surface area contributed by atoms with Gasteiger partial charge in [0.25, 0.3) is 0 Å². The fourth-order valence-electron chi connectivity index (χ4n) is 9.85. The molecule has 4 aliphatic rings. The Labute approximate surface area is 352 Å². The third-order valence-electron chi connectivity index (χ3n) is 13.2. The molecule has 0 spiro atoms. The molecule has 0 aromatic heterocycles. The highest BCUT2D eigenvalue weighted by Crippen LogP contribution is 2.64. The van der Waals surface area contributed by atoms with Crippen LogP contribution in [0.2, 0.25) is 0 Å². The number of aliphatic hydroxyl groups is 4. The molecule has 0 radical (unpaired) electrons. The van der Waals surface area contributed by atoms with Crippen LogP contribution >= 0.6 is 0 Å². The van der Waals surface area contributed by atoms with Crippen molar-refractivity contribution >= 4 is 35.6 Å². The Kier molecular flexibility index (Phi) is 12.5. The van der Waals surface area contributed by atoms with Crippen LogP contribution in [0, 0.1) is 16.7 Å². The minimum atomic E-state index is -2.41. The summed E-state index contributed by atoms with van der Waals surface area (Å²) in [6, 6.07) is 14.5. The van der Waals surface area contributed by atoms with Crippen molar-refractivity contribution in [1.82, 2.24) is 5.32 Å². The van der Waals surface area contributed by atoms with Crippen molar-refractivity contribution in [2.45, 2.75) is 115 Å². The Balaban J connectivity index is 1.55. The van der Waals surface area contributed by atoms with E-state index in [1.807, 2.05) is 0 Å². The molecule has 11 atom stereocenters. The monoisotopic (exact) mass is 847 g/mol. The van der Waals surface area contributed by atoms with Gasteiger partial charge in [-0.3, -0.25) is 19.2 Å². The lowest BCUT2D eigenvalue weighted by Gasteiger charge is -2.67. The molecule has 2 bridgehead atoms. The normalized spacial score (nSPS) is 32.6. The Bertz CT molecular complexity index is 2130. The number of carbonyl (C=O) groups is 6. The number of hydrogen-bond acceptors (Lipinski definition) is 15. The minimum Gasteiger partial charge on any atom is -0.456 e. The molecule has 1 saturated heterocycles. The fourth-order valence-corrected chi connectivity index (χ4v) is 9.85. The third kappa shape index (κ3) is 7.69. The average molecular weight is 848 g/mol. The van der Waals surface area contributed by atoms with Crippen molar-refractivity contribution in [2.24, 2.45) is 16.7 Å². The molecular weight excluding hydrogens is 794 g/mol. The first-order chi connectivity index (χ1) is 28.6. The van der Waals surface area contributed by atoms with Gasteiger partial charge in [0, 0.05) is 37.7 Å². The van der Waals surface area contributed by atoms with Crippen molar-refractivity contribution in [3.05, 3.63) is 94.6 Å². The number of nitrogens with one attached hydrogen (secondary N) is 1. The lowest BCUT2D eigenvalue weighted by molar-refractivity contribution is -0.346. The standard InChI is InChI=1S/C45H53NO15/c1-23(18-19-47)39(53)46-33(27-14-10-8-11-15-27)34(51)41(55)59-29-21-45(56)38(60-40(54)28-16-12-9-13-17-28)36-43(7,30(50)20-31-44(36,22-57-31)61-26(4)49)37(52)35(58-25(3)48)32(24(29)2)42(45,5)6/h8-18,29-31,33-36,38,47,50-51,56H,19-22H2,1-7H3,(H,46,53)/b23-18+/t29-,30-,31+,33-,34+,35+,36?,38-,43+,44-,45+/m0/s1. The van der Waals surface area contributed by atoms with Crippen LogP contribution in [-0.4, -0.2) is 117 Å². The van der Waals surface area contributed by atoms with Crippen LogP contribution in [0.5, 0.6) is 0 Å². The summed E-state index contributed by atoms with van der Waals surface area (Å²) in [5, 5.41) is 49.3. The first-order valence-electron chi connectivity index (χ1n) is 20.1. The number of esters is 4. The fraction of sp³-hybridized carbons (Fsp3) is 0.511. The van der Waals surface area contributed by atoms with E-state index in [4.69, 9.17) is 23.7 Å². The molecule has 2 aromatic rings. The summed E-state index contributed by atoms with van der Waals surface area (Å²) in [5.74, 6) is -7.04. The number of ketones is 1. The van der Waals surface area contributed by atoms with Gasteiger partial charge in [-0.2, -0.15) is 0 Å². The average Bonchev–Trinajstić information content (AvgIpc) is 3.21. The molecule has 2 saturated carbocycles. The van der Waals surface area contributed by atoms with Crippen LogP contribution in [0.25, 0.3) is 0 Å². The van der Waals surface area contributed by atoms with Crippen molar-refractivity contribution in [3.63, 3.8) is 0 Å². The predicted octanol–water partition coefficient (Wildman–Crippen LogP) is 2.36. The molecule has 16 nitrogen and oxygen atoms in total. The summed E-state index contributed by atoms with van der Waals surface area (Å²) >= 11 is 0. The zero-order valence-corrected chi connectivity index (χ0v) is 35.1. The number of hydrogen-bond donors (Lipinski definition) is 5. The maximum atomic E-state index is 15.4. The number of Topliss-reactive ketones (excluding diaryl/α,β-unsaturated/α-hetero) is 1. The van der Waals surface area contributed by atoms with Crippen LogP contribution in [0.3, 0.4) is 0 Å². The zero-order valence-electron chi connectivity index (χ0n) is 35.1. The summed E-state index contributed by atoms with van der Waals surface area (Å²) in [6.45, 7) is 8.87. The second-order valence-electron chi connectivity index (χ2n) is 17.1. The Hall–Kier alpha value is -5.26. The molecular formula is C45H53NO15. The van der Waals surface area contributed by atoms with Gasteiger partial charge < -0.3 is 49.4 Å². The molecule has 6 rings (SSSR count). The number of benzene rings is 2. The Morgan fingerprint density at radius 1 is 0.934 bits per heavy atom. The van der Waals surface area contributed by atoms with E-state index in [1.54, 1.807) is 62.4 Å². The maximum absolute atomic E-state index is 15.4. The van der Waals surface area contributed by atoms with Gasteiger partial charge in [-0.05, 0) is 49.6 Å². The quantitative estimate of drug-likeness (QED) is 0.0944. The molecule has 1 aliphatic heterocycles. The van der Waals surface area contributed by atoms with E-state index in [0.29, 0.717) is 5.56 Å². The summed E-state index contributed by atoms with van der Waals surface area (Å²) in [7, 11) is 0. The topological polar surface area (TPSA) is 242 Å². The second kappa shape index (κ2) is 16.9. The first kappa shape index (κ1) is 45.3. The summed E-state index contributed by atoms with van der Waals surface area (Å²) in [6.07, 6.45) is -9.40.